The molecule has 0 radical (unpaired) electrons. The number of hydrogen-bond acceptors (Lipinski definition) is 4. The van der Waals surface area contributed by atoms with Gasteiger partial charge in [0.05, 0.1) is 12.7 Å². The van der Waals surface area contributed by atoms with E-state index in [0.29, 0.717) is 19.8 Å². The summed E-state index contributed by atoms with van der Waals surface area (Å²) in [6.45, 7) is 2.28. The van der Waals surface area contributed by atoms with Crippen molar-refractivity contribution in [1.29, 1.82) is 0 Å². The zero-order valence-corrected chi connectivity index (χ0v) is 12.4. The summed E-state index contributed by atoms with van der Waals surface area (Å²) in [5.74, 6) is 0.843. The number of nitrogens with zero attached hydrogens (tertiary/aromatic N) is 1. The Morgan fingerprint density at radius 1 is 1.44 bits per heavy atom. The van der Waals surface area contributed by atoms with Crippen LogP contribution in [-0.4, -0.2) is 56.6 Å². The van der Waals surface area contributed by atoms with E-state index in [9.17, 15) is 5.11 Å². The zero-order chi connectivity index (χ0) is 13.4. The number of rotatable bonds is 8. The number of aliphatic hydroxyl groups is 1. The van der Waals surface area contributed by atoms with E-state index in [1.807, 2.05) is 36.2 Å². The molecule has 1 N–H and O–H groups in total. The van der Waals surface area contributed by atoms with Crippen LogP contribution in [0.1, 0.15) is 0 Å². The molecule has 102 valence electrons. The van der Waals surface area contributed by atoms with Crippen molar-refractivity contribution in [1.82, 2.24) is 4.90 Å². The van der Waals surface area contributed by atoms with E-state index in [0.717, 1.165) is 16.8 Å². The summed E-state index contributed by atoms with van der Waals surface area (Å²) in [7, 11) is 3.53. The van der Waals surface area contributed by atoms with Crippen LogP contribution in [0.15, 0.2) is 28.7 Å². The molecule has 4 nitrogen and oxygen atoms in total. The highest BCUT2D eigenvalue weighted by Gasteiger charge is 2.07. The van der Waals surface area contributed by atoms with Crippen molar-refractivity contribution < 1.29 is 14.6 Å². The van der Waals surface area contributed by atoms with Gasteiger partial charge in [-0.25, -0.2) is 0 Å². The first kappa shape index (κ1) is 15.4. The Bertz CT molecular complexity index is 349. The number of benzene rings is 1. The molecule has 1 aromatic carbocycles. The van der Waals surface area contributed by atoms with Crippen LogP contribution in [0.3, 0.4) is 0 Å². The summed E-state index contributed by atoms with van der Waals surface area (Å²) in [6, 6.07) is 7.75. The second kappa shape index (κ2) is 8.48. The van der Waals surface area contributed by atoms with Crippen molar-refractivity contribution in [2.75, 3.05) is 40.5 Å². The van der Waals surface area contributed by atoms with Crippen LogP contribution in [0.4, 0.5) is 0 Å². The van der Waals surface area contributed by atoms with Crippen molar-refractivity contribution in [3.05, 3.63) is 28.7 Å². The minimum Gasteiger partial charge on any atom is -0.492 e. The highest BCUT2D eigenvalue weighted by atomic mass is 79.9. The van der Waals surface area contributed by atoms with Gasteiger partial charge in [-0.1, -0.05) is 22.0 Å². The van der Waals surface area contributed by atoms with E-state index in [4.69, 9.17) is 9.47 Å². The molecule has 0 saturated heterocycles. The van der Waals surface area contributed by atoms with Gasteiger partial charge < -0.3 is 19.5 Å². The largest absolute Gasteiger partial charge is 0.492 e. The number of likely N-dealkylation sites (N-methyl/N-ethyl adjacent to an activating group) is 1. The molecule has 0 bridgehead atoms. The number of halogens is 1. The van der Waals surface area contributed by atoms with Crippen LogP contribution in [0.5, 0.6) is 5.75 Å². The van der Waals surface area contributed by atoms with Gasteiger partial charge in [0.25, 0.3) is 0 Å². The Morgan fingerprint density at radius 2 is 2.22 bits per heavy atom. The van der Waals surface area contributed by atoms with Gasteiger partial charge in [0.15, 0.2) is 0 Å². The summed E-state index contributed by atoms with van der Waals surface area (Å²) >= 11 is 3.40. The van der Waals surface area contributed by atoms with Crippen LogP contribution < -0.4 is 4.74 Å². The van der Waals surface area contributed by atoms with E-state index in [2.05, 4.69) is 15.9 Å². The molecule has 5 heteroatoms. The molecular weight excluding hydrogens is 298 g/mol. The monoisotopic (exact) mass is 317 g/mol. The molecule has 0 aliphatic rings. The molecular formula is C13H20BrNO3. The van der Waals surface area contributed by atoms with Gasteiger partial charge >= 0.3 is 0 Å². The Hall–Kier alpha value is -0.620. The molecule has 1 unspecified atom stereocenters. The first-order chi connectivity index (χ1) is 8.61. The fraction of sp³-hybridized carbons (Fsp3) is 0.538. The van der Waals surface area contributed by atoms with Crippen molar-refractivity contribution in [3.63, 3.8) is 0 Å². The predicted molar refractivity (Wildman–Crippen MR) is 75.0 cm³/mol. The van der Waals surface area contributed by atoms with E-state index < -0.39 is 6.10 Å². The summed E-state index contributed by atoms with van der Waals surface area (Å²) in [6.07, 6.45) is -0.453. The SMILES string of the molecule is COCC(O)CN(C)CCOc1cccc(Br)c1. The molecule has 0 fully saturated rings. The smallest absolute Gasteiger partial charge is 0.120 e. The maximum atomic E-state index is 9.56. The van der Waals surface area contributed by atoms with Gasteiger partial charge in [0, 0.05) is 24.7 Å². The van der Waals surface area contributed by atoms with Gasteiger partial charge in [-0.15, -0.1) is 0 Å². The standard InChI is InChI=1S/C13H20BrNO3/c1-15(9-12(16)10-17-2)6-7-18-13-5-3-4-11(14)8-13/h3-5,8,12,16H,6-7,9-10H2,1-2H3. The third-order valence-electron chi connectivity index (χ3n) is 2.42. The van der Waals surface area contributed by atoms with Crippen LogP contribution in [0.2, 0.25) is 0 Å². The normalized spacial score (nSPS) is 12.7. The number of aliphatic hydroxyl groups excluding tert-OH is 1. The van der Waals surface area contributed by atoms with Crippen molar-refractivity contribution in [2.24, 2.45) is 0 Å². The van der Waals surface area contributed by atoms with E-state index in [1.54, 1.807) is 7.11 Å². The fourth-order valence-electron chi connectivity index (χ4n) is 1.57. The average Bonchev–Trinajstić information content (AvgIpc) is 2.29. The molecule has 1 atom stereocenters. The van der Waals surface area contributed by atoms with Gasteiger partial charge in [0.2, 0.25) is 0 Å². The highest BCUT2D eigenvalue weighted by molar-refractivity contribution is 9.10. The third kappa shape index (κ3) is 6.35. The first-order valence-corrected chi connectivity index (χ1v) is 6.65. The van der Waals surface area contributed by atoms with Crippen LogP contribution in [-0.2, 0) is 4.74 Å². The number of ether oxygens (including phenoxy) is 2. The molecule has 0 aliphatic heterocycles. The summed E-state index contributed by atoms with van der Waals surface area (Å²) in [4.78, 5) is 2.02. The highest BCUT2D eigenvalue weighted by Crippen LogP contribution is 2.17. The first-order valence-electron chi connectivity index (χ1n) is 5.85. The molecule has 1 rings (SSSR count). The maximum absolute atomic E-state index is 9.56. The van der Waals surface area contributed by atoms with Crippen molar-refractivity contribution in [2.45, 2.75) is 6.10 Å². The van der Waals surface area contributed by atoms with Gasteiger partial charge in [-0.2, -0.15) is 0 Å². The third-order valence-corrected chi connectivity index (χ3v) is 2.91. The van der Waals surface area contributed by atoms with Crippen molar-refractivity contribution >= 4 is 15.9 Å². The topological polar surface area (TPSA) is 41.9 Å². The lowest BCUT2D eigenvalue weighted by Gasteiger charge is -2.20. The second-order valence-electron chi connectivity index (χ2n) is 4.18. The lowest BCUT2D eigenvalue weighted by Crippen LogP contribution is -2.34. The average molecular weight is 318 g/mol. The predicted octanol–water partition coefficient (Wildman–Crippen LogP) is 1.77. The minimum absolute atomic E-state index is 0.358. The zero-order valence-electron chi connectivity index (χ0n) is 10.8. The molecule has 0 spiro atoms. The van der Waals surface area contributed by atoms with E-state index >= 15 is 0 Å². The molecule has 0 saturated carbocycles. The van der Waals surface area contributed by atoms with Gasteiger partial charge in [-0.3, -0.25) is 0 Å². The number of hydrogen-bond donors (Lipinski definition) is 1. The van der Waals surface area contributed by atoms with Gasteiger partial charge in [-0.05, 0) is 25.2 Å². The maximum Gasteiger partial charge on any atom is 0.120 e. The van der Waals surface area contributed by atoms with Crippen molar-refractivity contribution in [3.8, 4) is 5.75 Å². The van der Waals surface area contributed by atoms with E-state index in [-0.39, 0.29) is 0 Å². The summed E-state index contributed by atoms with van der Waals surface area (Å²) < 4.78 is 11.5. The Balaban J connectivity index is 2.21. The molecule has 0 aliphatic carbocycles. The molecule has 0 aromatic heterocycles. The lowest BCUT2D eigenvalue weighted by molar-refractivity contribution is 0.0410. The van der Waals surface area contributed by atoms with E-state index in [1.165, 1.54) is 0 Å². The van der Waals surface area contributed by atoms with Gasteiger partial charge in [0.1, 0.15) is 12.4 Å². The van der Waals surface area contributed by atoms with Crippen LogP contribution in [0, 0.1) is 0 Å². The summed E-state index contributed by atoms with van der Waals surface area (Å²) in [5.41, 5.74) is 0. The second-order valence-corrected chi connectivity index (χ2v) is 5.09. The molecule has 1 aromatic rings. The quantitative estimate of drug-likeness (QED) is 0.793. The Morgan fingerprint density at radius 3 is 2.89 bits per heavy atom. The fourth-order valence-corrected chi connectivity index (χ4v) is 1.95. The van der Waals surface area contributed by atoms with Crippen LogP contribution in [0.25, 0.3) is 0 Å². The number of methoxy groups -OCH3 is 1. The summed E-state index contributed by atoms with van der Waals surface area (Å²) in [5, 5.41) is 9.56. The molecule has 0 heterocycles. The van der Waals surface area contributed by atoms with Crippen LogP contribution >= 0.6 is 15.9 Å². The Kier molecular flexibility index (Phi) is 7.27. The lowest BCUT2D eigenvalue weighted by atomic mass is 10.3. The molecule has 0 amide bonds. The minimum atomic E-state index is -0.453. The molecule has 18 heavy (non-hydrogen) atoms. The Labute approximate surface area is 117 Å².